The summed E-state index contributed by atoms with van der Waals surface area (Å²) in [6.07, 6.45) is 4.48. The molecule has 0 spiro atoms. The molecule has 8 nitrogen and oxygen atoms in total. The molecule has 0 saturated carbocycles. The molecular weight excluding hydrogens is 262 g/mol. The van der Waals surface area contributed by atoms with Gasteiger partial charge in [-0.1, -0.05) is 0 Å². The Morgan fingerprint density at radius 3 is 2.85 bits per heavy atom. The van der Waals surface area contributed by atoms with Gasteiger partial charge >= 0.3 is 5.82 Å². The fourth-order valence-electron chi connectivity index (χ4n) is 1.49. The minimum Gasteiger partial charge on any atom is -0.479 e. The molecule has 8 heteroatoms. The SMILES string of the molecule is CCNc1cnc(COc2cccnc2[N+](=O)[O-])cn1. The van der Waals surface area contributed by atoms with Crippen LogP contribution in [0.15, 0.2) is 30.7 Å². The summed E-state index contributed by atoms with van der Waals surface area (Å²) in [5.74, 6) is 0.461. The van der Waals surface area contributed by atoms with Crippen LogP contribution in [0, 0.1) is 10.1 Å². The third-order valence-corrected chi connectivity index (χ3v) is 2.36. The minimum absolute atomic E-state index is 0.0892. The van der Waals surface area contributed by atoms with Crippen LogP contribution in [0.5, 0.6) is 5.75 Å². The highest BCUT2D eigenvalue weighted by Crippen LogP contribution is 2.23. The molecule has 2 rings (SSSR count). The average molecular weight is 275 g/mol. The van der Waals surface area contributed by atoms with Crippen molar-refractivity contribution in [3.8, 4) is 5.75 Å². The van der Waals surface area contributed by atoms with Crippen LogP contribution in [0.3, 0.4) is 0 Å². The van der Waals surface area contributed by atoms with Gasteiger partial charge in [-0.3, -0.25) is 4.98 Å². The van der Waals surface area contributed by atoms with Gasteiger partial charge in [-0.15, -0.1) is 0 Å². The number of hydrogen-bond donors (Lipinski definition) is 1. The molecule has 2 heterocycles. The molecule has 0 aliphatic carbocycles. The van der Waals surface area contributed by atoms with Crippen LogP contribution >= 0.6 is 0 Å². The fraction of sp³-hybridized carbons (Fsp3) is 0.250. The molecule has 0 amide bonds. The number of nitrogens with one attached hydrogen (secondary N) is 1. The molecule has 0 aromatic carbocycles. The zero-order chi connectivity index (χ0) is 14.4. The summed E-state index contributed by atoms with van der Waals surface area (Å²) in [6.45, 7) is 2.80. The molecule has 1 N–H and O–H groups in total. The number of rotatable bonds is 6. The van der Waals surface area contributed by atoms with Crippen molar-refractivity contribution in [2.24, 2.45) is 0 Å². The molecule has 0 aliphatic rings. The van der Waals surface area contributed by atoms with E-state index in [4.69, 9.17) is 4.74 Å². The van der Waals surface area contributed by atoms with Crippen LogP contribution in [0.25, 0.3) is 0 Å². The van der Waals surface area contributed by atoms with Crippen LogP contribution in [0.1, 0.15) is 12.6 Å². The Morgan fingerprint density at radius 1 is 1.35 bits per heavy atom. The van der Waals surface area contributed by atoms with E-state index in [2.05, 4.69) is 20.3 Å². The Kier molecular flexibility index (Phi) is 4.38. The lowest BCUT2D eigenvalue weighted by Crippen LogP contribution is -2.04. The Balaban J connectivity index is 2.03. The zero-order valence-electron chi connectivity index (χ0n) is 10.8. The zero-order valence-corrected chi connectivity index (χ0v) is 10.8. The van der Waals surface area contributed by atoms with Gasteiger partial charge in [0.15, 0.2) is 0 Å². The van der Waals surface area contributed by atoms with Crippen LogP contribution in [0.4, 0.5) is 11.6 Å². The van der Waals surface area contributed by atoms with Gasteiger partial charge in [0.2, 0.25) is 5.75 Å². The van der Waals surface area contributed by atoms with Gasteiger partial charge in [0.05, 0.1) is 18.1 Å². The largest absolute Gasteiger partial charge is 0.479 e. The molecule has 0 atom stereocenters. The highest BCUT2D eigenvalue weighted by atomic mass is 16.6. The number of anilines is 1. The van der Waals surface area contributed by atoms with Crippen molar-refractivity contribution in [3.63, 3.8) is 0 Å². The van der Waals surface area contributed by atoms with Gasteiger partial charge < -0.3 is 20.2 Å². The van der Waals surface area contributed by atoms with Crippen LogP contribution < -0.4 is 10.1 Å². The highest BCUT2D eigenvalue weighted by molar-refractivity contribution is 5.38. The first-order valence-electron chi connectivity index (χ1n) is 5.97. The first kappa shape index (κ1) is 13.7. The van der Waals surface area contributed by atoms with Crippen molar-refractivity contribution >= 4 is 11.6 Å². The molecule has 0 saturated heterocycles. The van der Waals surface area contributed by atoms with E-state index in [9.17, 15) is 10.1 Å². The molecule has 104 valence electrons. The molecule has 20 heavy (non-hydrogen) atoms. The second-order valence-corrected chi connectivity index (χ2v) is 3.79. The third-order valence-electron chi connectivity index (χ3n) is 2.36. The molecule has 2 aromatic rings. The van der Waals surface area contributed by atoms with E-state index < -0.39 is 4.92 Å². The second kappa shape index (κ2) is 6.41. The van der Waals surface area contributed by atoms with Crippen LogP contribution in [0.2, 0.25) is 0 Å². The second-order valence-electron chi connectivity index (χ2n) is 3.79. The maximum absolute atomic E-state index is 10.8. The summed E-state index contributed by atoms with van der Waals surface area (Å²) in [4.78, 5) is 22.1. The van der Waals surface area contributed by atoms with Gasteiger partial charge in [-0.05, 0) is 29.0 Å². The van der Waals surface area contributed by atoms with Crippen molar-refractivity contribution in [2.75, 3.05) is 11.9 Å². The molecule has 2 aromatic heterocycles. The van der Waals surface area contributed by atoms with Crippen molar-refractivity contribution in [1.82, 2.24) is 15.0 Å². The third kappa shape index (κ3) is 3.37. The van der Waals surface area contributed by atoms with Crippen molar-refractivity contribution in [1.29, 1.82) is 0 Å². The molecular formula is C12H13N5O3. The molecule has 0 bridgehead atoms. The first-order chi connectivity index (χ1) is 9.70. The number of nitro groups is 1. The Morgan fingerprint density at radius 2 is 2.20 bits per heavy atom. The van der Waals surface area contributed by atoms with E-state index >= 15 is 0 Å². The van der Waals surface area contributed by atoms with Gasteiger partial charge in [0.25, 0.3) is 0 Å². The van der Waals surface area contributed by atoms with Gasteiger partial charge in [0.1, 0.15) is 18.6 Å². The van der Waals surface area contributed by atoms with Crippen LogP contribution in [-0.2, 0) is 6.61 Å². The number of aromatic nitrogens is 3. The quantitative estimate of drug-likeness (QED) is 0.633. The van der Waals surface area contributed by atoms with Gasteiger partial charge in [-0.2, -0.15) is 0 Å². The summed E-state index contributed by atoms with van der Waals surface area (Å²) in [5, 5.41) is 13.8. The normalized spacial score (nSPS) is 10.1. The number of nitrogens with zero attached hydrogens (tertiary/aromatic N) is 4. The molecule has 0 aliphatic heterocycles. The predicted molar refractivity (Wildman–Crippen MR) is 71.4 cm³/mol. The smallest absolute Gasteiger partial charge is 0.406 e. The summed E-state index contributed by atoms with van der Waals surface area (Å²) >= 11 is 0. The summed E-state index contributed by atoms with van der Waals surface area (Å²) in [6, 6.07) is 3.06. The Hall–Kier alpha value is -2.77. The topological polar surface area (TPSA) is 103 Å². The maximum atomic E-state index is 10.8. The molecule has 0 radical (unpaired) electrons. The molecule has 0 fully saturated rings. The van der Waals surface area contributed by atoms with E-state index in [1.807, 2.05) is 6.92 Å². The summed E-state index contributed by atoms with van der Waals surface area (Å²) in [7, 11) is 0. The number of pyridine rings is 1. The van der Waals surface area contributed by atoms with Crippen LogP contribution in [-0.4, -0.2) is 26.4 Å². The lowest BCUT2D eigenvalue weighted by molar-refractivity contribution is -0.390. The average Bonchev–Trinajstić information content (AvgIpc) is 2.47. The van der Waals surface area contributed by atoms with E-state index in [-0.39, 0.29) is 18.2 Å². The molecule has 0 unspecified atom stereocenters. The van der Waals surface area contributed by atoms with Crippen molar-refractivity contribution in [3.05, 3.63) is 46.5 Å². The monoisotopic (exact) mass is 275 g/mol. The fourth-order valence-corrected chi connectivity index (χ4v) is 1.49. The Labute approximate surface area is 115 Å². The number of hydrogen-bond acceptors (Lipinski definition) is 7. The van der Waals surface area contributed by atoms with Crippen molar-refractivity contribution in [2.45, 2.75) is 13.5 Å². The van der Waals surface area contributed by atoms with Crippen molar-refractivity contribution < 1.29 is 9.66 Å². The summed E-state index contributed by atoms with van der Waals surface area (Å²) in [5.41, 5.74) is 0.574. The van der Waals surface area contributed by atoms with E-state index in [0.717, 1.165) is 6.54 Å². The van der Waals surface area contributed by atoms with Gasteiger partial charge in [0, 0.05) is 6.54 Å². The highest BCUT2D eigenvalue weighted by Gasteiger charge is 2.15. The Bertz CT molecular complexity index is 588. The minimum atomic E-state index is -0.588. The lowest BCUT2D eigenvalue weighted by Gasteiger charge is -2.06. The van der Waals surface area contributed by atoms with Gasteiger partial charge in [-0.25, -0.2) is 4.98 Å². The van der Waals surface area contributed by atoms with E-state index in [1.54, 1.807) is 18.5 Å². The van der Waals surface area contributed by atoms with E-state index in [1.165, 1.54) is 12.3 Å². The standard InChI is InChI=1S/C12H13N5O3/c1-2-13-11-7-15-9(6-16-11)8-20-10-4-3-5-14-12(10)17(18)19/h3-7H,2,8H2,1H3,(H,13,16). The number of ether oxygens (including phenoxy) is 1. The summed E-state index contributed by atoms with van der Waals surface area (Å²) < 4.78 is 5.36. The first-order valence-corrected chi connectivity index (χ1v) is 5.97. The lowest BCUT2D eigenvalue weighted by atomic mass is 10.4. The van der Waals surface area contributed by atoms with E-state index in [0.29, 0.717) is 11.5 Å². The maximum Gasteiger partial charge on any atom is 0.406 e. The predicted octanol–water partition coefficient (Wildman–Crippen LogP) is 1.79.